The topological polar surface area (TPSA) is 17.1 Å². The second-order valence-corrected chi connectivity index (χ2v) is 6.42. The molecule has 15 heavy (non-hydrogen) atoms. The highest BCUT2D eigenvalue weighted by Gasteiger charge is 2.10. The Kier molecular flexibility index (Phi) is 3.46. The third-order valence-electron chi connectivity index (χ3n) is 1.81. The predicted molar refractivity (Wildman–Crippen MR) is 66.7 cm³/mol. The third-order valence-corrected chi connectivity index (χ3v) is 4.32. The van der Waals surface area contributed by atoms with Gasteiger partial charge in [-0.15, -0.1) is 22.7 Å². The van der Waals surface area contributed by atoms with Gasteiger partial charge in [0.15, 0.2) is 5.78 Å². The smallest absolute Gasteiger partial charge is 0.178 e. The Morgan fingerprint density at radius 1 is 1.07 bits per heavy atom. The summed E-state index contributed by atoms with van der Waals surface area (Å²) >= 11 is 14.3. The van der Waals surface area contributed by atoms with Gasteiger partial charge in [-0.3, -0.25) is 4.79 Å². The van der Waals surface area contributed by atoms with Crippen molar-refractivity contribution in [1.29, 1.82) is 0 Å². The van der Waals surface area contributed by atoms with Crippen molar-refractivity contribution in [2.75, 3.05) is 0 Å². The first-order valence-corrected chi connectivity index (χ1v) is 6.57. The Hall–Kier alpha value is -0.350. The number of thiophene rings is 2. The van der Waals surface area contributed by atoms with Gasteiger partial charge in [0.1, 0.15) is 0 Å². The van der Waals surface area contributed by atoms with Crippen molar-refractivity contribution in [3.05, 3.63) is 42.7 Å². The number of halogens is 2. The van der Waals surface area contributed by atoms with Crippen molar-refractivity contribution in [3.8, 4) is 0 Å². The fraction of sp³-hybridized carbons (Fsp3) is 0.100. The second kappa shape index (κ2) is 4.66. The van der Waals surface area contributed by atoms with E-state index in [2.05, 4.69) is 0 Å². The van der Waals surface area contributed by atoms with Crippen LogP contribution in [0.5, 0.6) is 0 Å². The Balaban J connectivity index is 2.10. The highest BCUT2D eigenvalue weighted by molar-refractivity contribution is 7.18. The number of Topliss-reactive ketones (excluding diaryl/α,β-unsaturated/α-hetero) is 1. The van der Waals surface area contributed by atoms with Crippen LogP contribution in [0.3, 0.4) is 0 Å². The Labute approximate surface area is 105 Å². The summed E-state index contributed by atoms with van der Waals surface area (Å²) in [5.41, 5.74) is 0. The van der Waals surface area contributed by atoms with Crippen molar-refractivity contribution in [2.24, 2.45) is 0 Å². The Morgan fingerprint density at radius 2 is 1.73 bits per heavy atom. The number of rotatable bonds is 3. The molecule has 2 rings (SSSR count). The fourth-order valence-electron chi connectivity index (χ4n) is 1.16. The van der Waals surface area contributed by atoms with Gasteiger partial charge in [0.2, 0.25) is 0 Å². The molecule has 0 saturated carbocycles. The number of carbonyl (C=O) groups is 1. The largest absolute Gasteiger partial charge is 0.293 e. The average molecular weight is 277 g/mol. The van der Waals surface area contributed by atoms with Crippen LogP contribution in [0.15, 0.2) is 24.3 Å². The lowest BCUT2D eigenvalue weighted by Crippen LogP contribution is -1.98. The molecular formula is C10H6Cl2OS2. The van der Waals surface area contributed by atoms with Gasteiger partial charge in [-0.2, -0.15) is 0 Å². The molecule has 0 amide bonds. The lowest BCUT2D eigenvalue weighted by molar-refractivity contribution is 0.0997. The molecule has 0 spiro atoms. The highest BCUT2D eigenvalue weighted by atomic mass is 35.5. The highest BCUT2D eigenvalue weighted by Crippen LogP contribution is 2.26. The van der Waals surface area contributed by atoms with Crippen LogP contribution in [0, 0.1) is 0 Å². The van der Waals surface area contributed by atoms with E-state index in [4.69, 9.17) is 23.2 Å². The number of hydrogen-bond donors (Lipinski definition) is 0. The van der Waals surface area contributed by atoms with E-state index in [9.17, 15) is 4.79 Å². The monoisotopic (exact) mass is 276 g/mol. The summed E-state index contributed by atoms with van der Waals surface area (Å²) in [5, 5.41) is 0. The van der Waals surface area contributed by atoms with Gasteiger partial charge in [0.05, 0.1) is 13.5 Å². The third kappa shape index (κ3) is 2.82. The molecule has 0 bridgehead atoms. The molecule has 0 aromatic carbocycles. The zero-order valence-corrected chi connectivity index (χ0v) is 10.6. The molecule has 2 heterocycles. The summed E-state index contributed by atoms with van der Waals surface area (Å²) in [5.74, 6) is 0.0883. The first-order chi connectivity index (χ1) is 7.15. The molecule has 0 aliphatic rings. The second-order valence-electron chi connectivity index (χ2n) is 2.91. The summed E-state index contributed by atoms with van der Waals surface area (Å²) in [6.07, 6.45) is 0.397. The summed E-state index contributed by atoms with van der Waals surface area (Å²) in [6.45, 7) is 0. The quantitative estimate of drug-likeness (QED) is 0.753. The summed E-state index contributed by atoms with van der Waals surface area (Å²) < 4.78 is 1.35. The van der Waals surface area contributed by atoms with Crippen molar-refractivity contribution in [1.82, 2.24) is 0 Å². The maximum atomic E-state index is 11.8. The Morgan fingerprint density at radius 3 is 2.27 bits per heavy atom. The van der Waals surface area contributed by atoms with Crippen LogP contribution in [-0.4, -0.2) is 5.78 Å². The molecule has 0 unspecified atom stereocenters. The first kappa shape index (κ1) is 11.1. The molecule has 0 saturated heterocycles. The number of ketones is 1. The standard InChI is InChI=1S/C10H6Cl2OS2/c11-9-3-1-6(14-9)5-7(13)8-2-4-10(12)15-8/h1-4H,5H2. The van der Waals surface area contributed by atoms with E-state index in [0.717, 1.165) is 4.88 Å². The van der Waals surface area contributed by atoms with Gasteiger partial charge in [-0.05, 0) is 24.3 Å². The molecule has 0 radical (unpaired) electrons. The lowest BCUT2D eigenvalue weighted by Gasteiger charge is -1.93. The van der Waals surface area contributed by atoms with Crippen molar-refractivity contribution >= 4 is 51.7 Å². The Bertz CT molecular complexity index is 487. The van der Waals surface area contributed by atoms with Gasteiger partial charge in [-0.25, -0.2) is 0 Å². The summed E-state index contributed by atoms with van der Waals surface area (Å²) in [7, 11) is 0. The first-order valence-electron chi connectivity index (χ1n) is 4.18. The maximum absolute atomic E-state index is 11.8. The van der Waals surface area contributed by atoms with Crippen LogP contribution in [0.4, 0.5) is 0 Å². The molecule has 5 heteroatoms. The van der Waals surface area contributed by atoms with Gasteiger partial charge >= 0.3 is 0 Å². The zero-order chi connectivity index (χ0) is 10.8. The van der Waals surface area contributed by atoms with Crippen molar-refractivity contribution in [3.63, 3.8) is 0 Å². The zero-order valence-electron chi connectivity index (χ0n) is 7.50. The fourth-order valence-corrected chi connectivity index (χ4v) is 3.22. The molecule has 0 fully saturated rings. The maximum Gasteiger partial charge on any atom is 0.178 e. The van der Waals surface area contributed by atoms with Gasteiger partial charge in [0.25, 0.3) is 0 Å². The minimum absolute atomic E-state index is 0.0883. The molecule has 0 aliphatic heterocycles. The van der Waals surface area contributed by atoms with Crippen LogP contribution < -0.4 is 0 Å². The van der Waals surface area contributed by atoms with E-state index in [1.807, 2.05) is 6.07 Å². The molecule has 78 valence electrons. The lowest BCUT2D eigenvalue weighted by atomic mass is 10.2. The molecule has 2 aromatic rings. The van der Waals surface area contributed by atoms with E-state index in [1.54, 1.807) is 18.2 Å². The SMILES string of the molecule is O=C(Cc1ccc(Cl)s1)c1ccc(Cl)s1. The number of carbonyl (C=O) groups excluding carboxylic acids is 1. The normalized spacial score (nSPS) is 10.5. The van der Waals surface area contributed by atoms with Crippen LogP contribution >= 0.6 is 45.9 Å². The van der Waals surface area contributed by atoms with E-state index in [1.165, 1.54) is 22.7 Å². The summed E-state index contributed by atoms with van der Waals surface area (Å²) in [4.78, 5) is 13.4. The molecule has 1 nitrogen and oxygen atoms in total. The summed E-state index contributed by atoms with van der Waals surface area (Å²) in [6, 6.07) is 7.17. The number of hydrogen-bond acceptors (Lipinski definition) is 3. The minimum atomic E-state index is 0.0883. The van der Waals surface area contributed by atoms with Crippen LogP contribution in [0.2, 0.25) is 8.67 Å². The van der Waals surface area contributed by atoms with Gasteiger partial charge in [0, 0.05) is 11.3 Å². The van der Waals surface area contributed by atoms with Gasteiger partial charge < -0.3 is 0 Å². The molecule has 2 aromatic heterocycles. The van der Waals surface area contributed by atoms with Crippen molar-refractivity contribution in [2.45, 2.75) is 6.42 Å². The van der Waals surface area contributed by atoms with Crippen molar-refractivity contribution < 1.29 is 4.79 Å². The molecule has 0 N–H and O–H groups in total. The molecule has 0 aliphatic carbocycles. The van der Waals surface area contributed by atoms with E-state index in [0.29, 0.717) is 20.0 Å². The van der Waals surface area contributed by atoms with E-state index < -0.39 is 0 Å². The molecular weight excluding hydrogens is 271 g/mol. The van der Waals surface area contributed by atoms with Crippen LogP contribution in [0.25, 0.3) is 0 Å². The van der Waals surface area contributed by atoms with E-state index in [-0.39, 0.29) is 5.78 Å². The van der Waals surface area contributed by atoms with Crippen LogP contribution in [0.1, 0.15) is 14.5 Å². The molecule has 0 atom stereocenters. The van der Waals surface area contributed by atoms with Crippen LogP contribution in [-0.2, 0) is 6.42 Å². The predicted octanol–water partition coefficient (Wildman–Crippen LogP) is 4.54. The van der Waals surface area contributed by atoms with Gasteiger partial charge in [-0.1, -0.05) is 23.2 Å². The minimum Gasteiger partial charge on any atom is -0.293 e. The average Bonchev–Trinajstić information content (AvgIpc) is 2.75. The van der Waals surface area contributed by atoms with E-state index >= 15 is 0 Å².